The molecule has 0 atom stereocenters. The molecule has 0 saturated heterocycles. The van der Waals surface area contributed by atoms with Crippen LogP contribution in [0, 0.1) is 5.41 Å². The average molecular weight is 712 g/mol. The van der Waals surface area contributed by atoms with E-state index in [0.717, 1.165) is 43.7 Å². The summed E-state index contributed by atoms with van der Waals surface area (Å²) in [4.78, 5) is 34.1. The highest BCUT2D eigenvalue weighted by molar-refractivity contribution is 7.90. The van der Waals surface area contributed by atoms with Gasteiger partial charge in [0.25, 0.3) is 11.8 Å². The van der Waals surface area contributed by atoms with Crippen molar-refractivity contribution in [1.82, 2.24) is 4.90 Å². The Bertz CT molecular complexity index is 1410. The number of amides is 2. The van der Waals surface area contributed by atoms with Crippen LogP contribution in [0.5, 0.6) is 0 Å². The molecule has 6 heteroatoms. The lowest BCUT2D eigenvalue weighted by atomic mass is 9.90. The van der Waals surface area contributed by atoms with Crippen molar-refractivity contribution in [2.24, 2.45) is 5.41 Å². The van der Waals surface area contributed by atoms with Gasteiger partial charge < -0.3 is 0 Å². The molecule has 0 aromatic carbocycles. The van der Waals surface area contributed by atoms with Gasteiger partial charge in [0.2, 0.25) is 0 Å². The van der Waals surface area contributed by atoms with Gasteiger partial charge in [-0.15, -0.1) is 35.3 Å². The molecule has 0 spiro atoms. The van der Waals surface area contributed by atoms with Crippen LogP contribution >= 0.6 is 35.3 Å². The Morgan fingerprint density at radius 3 is 1.81 bits per heavy atom. The minimum atomic E-state index is -0.233. The van der Waals surface area contributed by atoms with Crippen molar-refractivity contribution >= 4 is 52.0 Å². The summed E-state index contributed by atoms with van der Waals surface area (Å²) in [6.07, 6.45) is 24.7. The molecule has 2 amide bonds. The number of allylic oxidation sites excluding steroid dienone is 3. The monoisotopic (exact) mass is 711 g/mol. The fraction of sp³-hybridized carbons (Fsp3) is 0.667. The Balaban J connectivity index is 2.00. The third-order valence-corrected chi connectivity index (χ3v) is 12.7. The van der Waals surface area contributed by atoms with Crippen LogP contribution in [0.25, 0.3) is 14.7 Å². The maximum atomic E-state index is 13.8. The largest absolute Gasteiger partial charge is 0.275 e. The average Bonchev–Trinajstić information content (AvgIpc) is 3.68. The minimum absolute atomic E-state index is 0.0862. The maximum Gasteiger partial charge on any atom is 0.263 e. The van der Waals surface area contributed by atoms with Gasteiger partial charge in [0.1, 0.15) is 0 Å². The number of aryl methyl sites for hydroxylation is 1. The number of imide groups is 1. The number of hydrogen-bond acceptors (Lipinski definition) is 5. The highest BCUT2D eigenvalue weighted by Crippen LogP contribution is 2.50. The Morgan fingerprint density at radius 2 is 1.27 bits per heavy atom. The highest BCUT2D eigenvalue weighted by atomic mass is 32.1. The topological polar surface area (TPSA) is 37.4 Å². The number of carbonyl (C=O) groups excluding carboxylic acids is 2. The Hall–Kier alpha value is -1.63. The summed E-state index contributed by atoms with van der Waals surface area (Å²) >= 11 is 8.56. The van der Waals surface area contributed by atoms with Gasteiger partial charge in [-0.2, -0.15) is 0 Å². The van der Waals surface area contributed by atoms with Gasteiger partial charge in [0, 0.05) is 26.1 Å². The van der Waals surface area contributed by atoms with E-state index >= 15 is 0 Å². The number of hydrogen-bond donors (Lipinski definition) is 1. The van der Waals surface area contributed by atoms with Crippen molar-refractivity contribution in [3.63, 3.8) is 0 Å². The molecule has 1 aliphatic heterocycles. The zero-order valence-corrected chi connectivity index (χ0v) is 34.3. The molecule has 0 fully saturated rings. The first-order valence-corrected chi connectivity index (χ1v) is 21.1. The van der Waals surface area contributed by atoms with E-state index in [1.165, 1.54) is 99.5 Å². The Kier molecular flexibility index (Phi) is 16.2. The fourth-order valence-corrected chi connectivity index (χ4v) is 9.66. The second-order valence-corrected chi connectivity index (χ2v) is 18.5. The maximum absolute atomic E-state index is 13.8. The summed E-state index contributed by atoms with van der Waals surface area (Å²) < 4.78 is 0. The molecule has 48 heavy (non-hydrogen) atoms. The molecule has 0 bridgehead atoms. The predicted molar refractivity (Wildman–Crippen MR) is 216 cm³/mol. The van der Waals surface area contributed by atoms with Crippen molar-refractivity contribution in [3.8, 4) is 9.75 Å². The first kappa shape index (κ1) is 40.8. The number of thiophene rings is 2. The standard InChI is InChI=1S/C42H65NO2S3/c1-10-13-15-17-19-21-23-25-30(29-41(4,5)6)27-32(46)33-28-31(26-24-22-20-18-16-14-11-2)36(47-33)37-34-35(38(48-37)42(7,8)9)40(45)43(12-3)39(34)44/h27-29,46H,10-26H2,1-9H3/b30-29+,32-27-. The smallest absolute Gasteiger partial charge is 0.263 e. The number of rotatable bonds is 20. The molecular weight excluding hydrogens is 647 g/mol. The third kappa shape index (κ3) is 11.5. The lowest BCUT2D eigenvalue weighted by Crippen LogP contribution is -2.30. The van der Waals surface area contributed by atoms with E-state index in [2.05, 4.69) is 73.6 Å². The molecule has 3 heterocycles. The van der Waals surface area contributed by atoms with Crippen LogP contribution < -0.4 is 0 Å². The van der Waals surface area contributed by atoms with Gasteiger partial charge in [-0.25, -0.2) is 0 Å². The SMILES string of the molecule is CCCCCCCCCC(/C=C(\S)c1cc(CCCCCCCCC)c(-c2sc(C(C)(C)C)c3c2C(=O)N(CC)C3=O)s1)=C\C(C)(C)C. The first-order chi connectivity index (χ1) is 22.7. The van der Waals surface area contributed by atoms with E-state index in [0.29, 0.717) is 17.7 Å². The van der Waals surface area contributed by atoms with Gasteiger partial charge in [-0.05, 0) is 61.1 Å². The van der Waals surface area contributed by atoms with Crippen LogP contribution in [0.15, 0.2) is 23.8 Å². The van der Waals surface area contributed by atoms with Crippen LogP contribution in [0.4, 0.5) is 0 Å². The predicted octanol–water partition coefficient (Wildman–Crippen LogP) is 14.1. The summed E-state index contributed by atoms with van der Waals surface area (Å²) in [5.74, 6) is -0.268. The molecule has 268 valence electrons. The van der Waals surface area contributed by atoms with Gasteiger partial charge >= 0.3 is 0 Å². The van der Waals surface area contributed by atoms with Gasteiger partial charge in [0.05, 0.1) is 16.0 Å². The number of carbonyl (C=O) groups is 2. The molecule has 2 aromatic heterocycles. The van der Waals surface area contributed by atoms with Crippen LogP contribution in [-0.4, -0.2) is 23.3 Å². The molecule has 2 aromatic rings. The number of unbranched alkanes of at least 4 members (excludes halogenated alkanes) is 12. The van der Waals surface area contributed by atoms with Crippen LogP contribution in [0.1, 0.15) is 195 Å². The van der Waals surface area contributed by atoms with Crippen molar-refractivity contribution in [2.45, 2.75) is 170 Å². The van der Waals surface area contributed by atoms with Crippen LogP contribution in [0.2, 0.25) is 0 Å². The summed E-state index contributed by atoms with van der Waals surface area (Å²) in [7, 11) is 0. The molecule has 0 unspecified atom stereocenters. The summed E-state index contributed by atoms with van der Waals surface area (Å²) in [5.41, 5.74) is 3.76. The van der Waals surface area contributed by atoms with Crippen molar-refractivity contribution in [1.29, 1.82) is 0 Å². The lowest BCUT2D eigenvalue weighted by Gasteiger charge is -2.19. The van der Waals surface area contributed by atoms with E-state index in [1.807, 2.05) is 6.92 Å². The van der Waals surface area contributed by atoms with Crippen LogP contribution in [-0.2, 0) is 11.8 Å². The molecular formula is C42H65NO2S3. The summed E-state index contributed by atoms with van der Waals surface area (Å²) in [5, 5.41) is 0. The lowest BCUT2D eigenvalue weighted by molar-refractivity contribution is 0.0662. The Labute approximate surface area is 307 Å². The van der Waals surface area contributed by atoms with E-state index in [4.69, 9.17) is 12.6 Å². The van der Waals surface area contributed by atoms with Crippen molar-refractivity contribution in [3.05, 3.63) is 50.2 Å². The van der Waals surface area contributed by atoms with E-state index < -0.39 is 0 Å². The van der Waals surface area contributed by atoms with Crippen molar-refractivity contribution in [2.75, 3.05) is 6.54 Å². The van der Waals surface area contributed by atoms with Gasteiger partial charge in [-0.1, -0.05) is 144 Å². The van der Waals surface area contributed by atoms with Gasteiger partial charge in [0.15, 0.2) is 0 Å². The minimum Gasteiger partial charge on any atom is -0.275 e. The van der Waals surface area contributed by atoms with Crippen LogP contribution in [0.3, 0.4) is 0 Å². The molecule has 0 radical (unpaired) electrons. The Morgan fingerprint density at radius 1 is 0.729 bits per heavy atom. The third-order valence-electron chi connectivity index (χ3n) is 9.15. The highest BCUT2D eigenvalue weighted by Gasteiger charge is 2.44. The number of nitrogens with zero attached hydrogens (tertiary/aromatic N) is 1. The zero-order chi connectivity index (χ0) is 35.5. The van der Waals surface area contributed by atoms with Crippen molar-refractivity contribution < 1.29 is 9.59 Å². The number of thiol groups is 1. The molecule has 3 nitrogen and oxygen atoms in total. The zero-order valence-electron chi connectivity index (χ0n) is 31.8. The fourth-order valence-electron chi connectivity index (χ4n) is 6.66. The second-order valence-electron chi connectivity index (χ2n) is 15.9. The summed E-state index contributed by atoms with van der Waals surface area (Å²) in [6, 6.07) is 2.33. The quantitative estimate of drug-likeness (QED) is 0.0642. The second kappa shape index (κ2) is 19.1. The normalized spacial score (nSPS) is 14.5. The van der Waals surface area contributed by atoms with E-state index in [-0.39, 0.29) is 22.6 Å². The molecule has 3 rings (SSSR count). The summed E-state index contributed by atoms with van der Waals surface area (Å²) in [6.45, 7) is 20.1. The first-order valence-electron chi connectivity index (χ1n) is 19.0. The molecule has 1 aliphatic rings. The molecule has 0 N–H and O–H groups in total. The van der Waals surface area contributed by atoms with Gasteiger partial charge in [-0.3, -0.25) is 14.5 Å². The number of fused-ring (bicyclic) bond motifs is 1. The molecule has 0 aliphatic carbocycles. The van der Waals surface area contributed by atoms with E-state index in [1.54, 1.807) is 22.7 Å². The van der Waals surface area contributed by atoms with E-state index in [9.17, 15) is 9.59 Å². The molecule has 0 saturated carbocycles.